The Labute approximate surface area is 222 Å². The number of nitrogens with zero attached hydrogens (tertiary/aromatic N) is 1. The zero-order valence-electron chi connectivity index (χ0n) is 20.7. The number of benzene rings is 3. The van der Waals surface area contributed by atoms with Gasteiger partial charge in [-0.3, -0.25) is 14.9 Å². The third-order valence-corrected chi connectivity index (χ3v) is 8.30. The van der Waals surface area contributed by atoms with E-state index in [0.29, 0.717) is 10.7 Å². The lowest BCUT2D eigenvalue weighted by atomic mass is 9.94. The Morgan fingerprint density at radius 2 is 1.70 bits per heavy atom. The number of hydrogen-bond acceptors (Lipinski definition) is 5. The van der Waals surface area contributed by atoms with E-state index >= 15 is 0 Å². The van der Waals surface area contributed by atoms with Gasteiger partial charge in [-0.15, -0.1) is 0 Å². The molecule has 0 saturated carbocycles. The molecule has 0 aliphatic carbocycles. The van der Waals surface area contributed by atoms with Gasteiger partial charge >= 0.3 is 0 Å². The maximum atomic E-state index is 13.9. The zero-order valence-corrected chi connectivity index (χ0v) is 22.3. The molecule has 3 atom stereocenters. The first-order valence-electron chi connectivity index (χ1n) is 12.2. The fourth-order valence-corrected chi connectivity index (χ4v) is 5.71. The molecule has 0 spiro atoms. The number of rotatable bonds is 8. The number of carbonyl (C=O) groups excluding carboxylic acids is 2. The zero-order chi connectivity index (χ0) is 26.6. The van der Waals surface area contributed by atoms with E-state index in [1.807, 2.05) is 50.2 Å². The number of carbonyl (C=O) groups is 2. The summed E-state index contributed by atoms with van der Waals surface area (Å²) in [6.07, 6.45) is 0.578. The van der Waals surface area contributed by atoms with Crippen LogP contribution in [0.3, 0.4) is 0 Å². The number of anilines is 1. The van der Waals surface area contributed by atoms with Gasteiger partial charge in [-0.05, 0) is 47.4 Å². The van der Waals surface area contributed by atoms with Crippen molar-refractivity contribution in [2.45, 2.75) is 43.7 Å². The van der Waals surface area contributed by atoms with Gasteiger partial charge in [-0.25, -0.2) is 13.1 Å². The highest BCUT2D eigenvalue weighted by Crippen LogP contribution is 2.37. The number of nitrogens with one attached hydrogen (secondary N) is 2. The summed E-state index contributed by atoms with van der Waals surface area (Å²) in [5, 5.41) is 4.08. The second-order valence-electron chi connectivity index (χ2n) is 9.16. The molecule has 0 fully saturated rings. The van der Waals surface area contributed by atoms with E-state index in [1.165, 1.54) is 12.1 Å². The fraction of sp³-hybridized carbons (Fsp3) is 0.286. The van der Waals surface area contributed by atoms with Crippen molar-refractivity contribution in [3.8, 4) is 0 Å². The summed E-state index contributed by atoms with van der Waals surface area (Å²) in [5.41, 5.74) is 2.44. The van der Waals surface area contributed by atoms with E-state index < -0.39 is 22.0 Å². The molecule has 4 rings (SSSR count). The van der Waals surface area contributed by atoms with Crippen LogP contribution in [-0.4, -0.2) is 32.8 Å². The van der Waals surface area contributed by atoms with Crippen molar-refractivity contribution >= 4 is 39.1 Å². The van der Waals surface area contributed by atoms with Crippen molar-refractivity contribution < 1.29 is 18.0 Å². The molecular weight excluding hydrogens is 510 g/mol. The van der Waals surface area contributed by atoms with Crippen LogP contribution in [0.5, 0.6) is 0 Å². The van der Waals surface area contributed by atoms with E-state index in [-0.39, 0.29) is 35.7 Å². The number of amides is 2. The molecular formula is C28H30ClN3O4S. The molecule has 194 valence electrons. The summed E-state index contributed by atoms with van der Waals surface area (Å²) in [6, 6.07) is 22.0. The first-order chi connectivity index (χ1) is 17.7. The Hall–Kier alpha value is -3.20. The van der Waals surface area contributed by atoms with Crippen molar-refractivity contribution in [1.82, 2.24) is 10.0 Å². The van der Waals surface area contributed by atoms with Crippen LogP contribution in [0, 0.1) is 5.92 Å². The van der Waals surface area contributed by atoms with Gasteiger partial charge in [0.25, 0.3) is 10.0 Å². The standard InChI is InChI=1S/C28H30ClN3O4S/c1-3-19(2)26-28(34)32(17-16-25(33)31-37(35,36)22-12-8-5-9-13-22)24-15-14-21(29)18-23(24)27(30-26)20-10-6-4-7-11-20/h4-15,18-19,26-27,30H,3,16-17H2,1-2H3,(H,31,33)/t19?,26-,27?/m0/s1. The van der Waals surface area contributed by atoms with E-state index in [9.17, 15) is 18.0 Å². The first-order valence-corrected chi connectivity index (χ1v) is 14.1. The molecule has 3 aromatic carbocycles. The van der Waals surface area contributed by atoms with E-state index in [2.05, 4.69) is 10.0 Å². The highest BCUT2D eigenvalue weighted by atomic mass is 35.5. The Morgan fingerprint density at radius 1 is 1.05 bits per heavy atom. The van der Waals surface area contributed by atoms with Crippen LogP contribution in [0.1, 0.15) is 43.9 Å². The summed E-state index contributed by atoms with van der Waals surface area (Å²) >= 11 is 6.39. The third-order valence-electron chi connectivity index (χ3n) is 6.68. The van der Waals surface area contributed by atoms with Crippen molar-refractivity contribution in [3.63, 3.8) is 0 Å². The monoisotopic (exact) mass is 539 g/mol. The molecule has 1 heterocycles. The number of fused-ring (bicyclic) bond motifs is 1. The van der Waals surface area contributed by atoms with Crippen LogP contribution >= 0.6 is 11.6 Å². The van der Waals surface area contributed by atoms with Crippen molar-refractivity contribution in [1.29, 1.82) is 0 Å². The smallest absolute Gasteiger partial charge is 0.264 e. The fourth-order valence-electron chi connectivity index (χ4n) is 4.50. The van der Waals surface area contributed by atoms with Crippen LogP contribution < -0.4 is 14.9 Å². The minimum atomic E-state index is -4.01. The normalized spacial score (nSPS) is 18.6. The van der Waals surface area contributed by atoms with E-state index in [1.54, 1.807) is 35.2 Å². The summed E-state index contributed by atoms with van der Waals surface area (Å²) in [7, 11) is -4.01. The van der Waals surface area contributed by atoms with Gasteiger partial charge in [0.1, 0.15) is 0 Å². The second-order valence-corrected chi connectivity index (χ2v) is 11.3. The average molecular weight is 540 g/mol. The largest absolute Gasteiger partial charge is 0.310 e. The number of halogens is 1. The molecule has 3 aromatic rings. The molecule has 2 unspecified atom stereocenters. The van der Waals surface area contributed by atoms with Crippen LogP contribution in [0.4, 0.5) is 5.69 Å². The lowest BCUT2D eigenvalue weighted by Crippen LogP contribution is -2.49. The van der Waals surface area contributed by atoms with Crippen molar-refractivity contribution in [3.05, 3.63) is 95.0 Å². The maximum Gasteiger partial charge on any atom is 0.264 e. The Balaban J connectivity index is 1.66. The highest BCUT2D eigenvalue weighted by molar-refractivity contribution is 7.90. The molecule has 2 N–H and O–H groups in total. The molecule has 9 heteroatoms. The molecule has 1 aliphatic rings. The molecule has 1 aliphatic heterocycles. The third kappa shape index (κ3) is 6.04. The van der Waals surface area contributed by atoms with Gasteiger partial charge in [0, 0.05) is 23.7 Å². The summed E-state index contributed by atoms with van der Waals surface area (Å²) in [5.74, 6) is -0.850. The predicted molar refractivity (Wildman–Crippen MR) is 145 cm³/mol. The molecule has 0 aromatic heterocycles. The van der Waals surface area contributed by atoms with Gasteiger partial charge in [0.15, 0.2) is 0 Å². The maximum absolute atomic E-state index is 13.9. The van der Waals surface area contributed by atoms with Gasteiger partial charge < -0.3 is 4.90 Å². The lowest BCUT2D eigenvalue weighted by molar-refractivity contribution is -0.122. The summed E-state index contributed by atoms with van der Waals surface area (Å²) in [6.45, 7) is 4.05. The Kier molecular flexibility index (Phi) is 8.32. The molecule has 0 radical (unpaired) electrons. The van der Waals surface area contributed by atoms with Gasteiger partial charge in [-0.2, -0.15) is 0 Å². The quantitative estimate of drug-likeness (QED) is 0.433. The van der Waals surface area contributed by atoms with Gasteiger partial charge in [0.2, 0.25) is 11.8 Å². The Bertz CT molecular complexity index is 1370. The Morgan fingerprint density at radius 3 is 2.35 bits per heavy atom. The van der Waals surface area contributed by atoms with Gasteiger partial charge in [-0.1, -0.05) is 80.4 Å². The van der Waals surface area contributed by atoms with Gasteiger partial charge in [0.05, 0.1) is 17.0 Å². The van der Waals surface area contributed by atoms with Crippen LogP contribution in [0.25, 0.3) is 0 Å². The molecule has 2 amide bonds. The average Bonchev–Trinajstić information content (AvgIpc) is 3.01. The molecule has 7 nitrogen and oxygen atoms in total. The summed E-state index contributed by atoms with van der Waals surface area (Å²) in [4.78, 5) is 28.2. The first kappa shape index (κ1) is 26.9. The van der Waals surface area contributed by atoms with Crippen LogP contribution in [0.2, 0.25) is 5.02 Å². The van der Waals surface area contributed by atoms with E-state index in [0.717, 1.165) is 17.5 Å². The summed E-state index contributed by atoms with van der Waals surface area (Å²) < 4.78 is 27.3. The van der Waals surface area contributed by atoms with Crippen LogP contribution in [-0.2, 0) is 19.6 Å². The topological polar surface area (TPSA) is 95.6 Å². The predicted octanol–water partition coefficient (Wildman–Crippen LogP) is 4.68. The van der Waals surface area contributed by atoms with Crippen molar-refractivity contribution in [2.24, 2.45) is 5.92 Å². The SMILES string of the molecule is CCC(C)[C@@H]1NC(c2ccccc2)c2cc(Cl)ccc2N(CCC(=O)NS(=O)(=O)c2ccccc2)C1=O. The number of sulfonamides is 1. The highest BCUT2D eigenvalue weighted by Gasteiger charge is 2.37. The van der Waals surface area contributed by atoms with Crippen LogP contribution in [0.15, 0.2) is 83.8 Å². The second kappa shape index (κ2) is 11.5. The molecule has 37 heavy (non-hydrogen) atoms. The number of hydrogen-bond donors (Lipinski definition) is 2. The lowest BCUT2D eigenvalue weighted by Gasteiger charge is -2.28. The molecule has 0 saturated heterocycles. The minimum Gasteiger partial charge on any atom is -0.310 e. The van der Waals surface area contributed by atoms with E-state index in [4.69, 9.17) is 11.6 Å². The minimum absolute atomic E-state index is 0.000855. The molecule has 0 bridgehead atoms. The van der Waals surface area contributed by atoms with Crippen molar-refractivity contribution in [2.75, 3.05) is 11.4 Å².